The molecule has 0 saturated heterocycles. The summed E-state index contributed by atoms with van der Waals surface area (Å²) < 4.78 is 4.63. The molecule has 0 aromatic carbocycles. The highest BCUT2D eigenvalue weighted by Gasteiger charge is 2.34. The molecule has 1 aliphatic rings. The van der Waals surface area contributed by atoms with Crippen molar-refractivity contribution < 1.29 is 0 Å². The molecule has 90 valence electrons. The van der Waals surface area contributed by atoms with Crippen LogP contribution in [-0.4, -0.2) is 26.6 Å². The van der Waals surface area contributed by atoms with Gasteiger partial charge in [-0.1, -0.05) is 29.9 Å². The first-order valence-electron chi connectivity index (χ1n) is 5.82. The van der Waals surface area contributed by atoms with E-state index in [0.29, 0.717) is 12.0 Å². The molecular weight excluding hydrogens is 242 g/mol. The Morgan fingerprint density at radius 2 is 2.12 bits per heavy atom. The Morgan fingerprint density at radius 3 is 2.56 bits per heavy atom. The van der Waals surface area contributed by atoms with Gasteiger partial charge in [-0.3, -0.25) is 4.90 Å². The van der Waals surface area contributed by atoms with Crippen LogP contribution in [0.4, 0.5) is 0 Å². The van der Waals surface area contributed by atoms with E-state index in [-0.39, 0.29) is 0 Å². The van der Waals surface area contributed by atoms with Crippen LogP contribution in [0.2, 0.25) is 4.34 Å². The van der Waals surface area contributed by atoms with Crippen LogP contribution in [0.3, 0.4) is 0 Å². The molecule has 0 spiro atoms. The van der Waals surface area contributed by atoms with Crippen LogP contribution in [-0.2, 0) is 6.54 Å². The highest BCUT2D eigenvalue weighted by Crippen LogP contribution is 2.33. The van der Waals surface area contributed by atoms with E-state index < -0.39 is 0 Å². The topological polar surface area (TPSA) is 29.0 Å². The molecule has 0 amide bonds. The molecule has 1 atom stereocenters. The van der Waals surface area contributed by atoms with Crippen molar-refractivity contribution in [3.63, 3.8) is 0 Å². The molecule has 1 aromatic rings. The van der Waals surface area contributed by atoms with E-state index >= 15 is 0 Å². The molecule has 1 heterocycles. The number of hydrogen-bond acceptors (Lipinski definition) is 4. The smallest absolute Gasteiger partial charge is 0.138 e. The lowest BCUT2D eigenvalue weighted by molar-refractivity contribution is 0.148. The maximum absolute atomic E-state index is 6.06. The fraction of sp³-hybridized carbons (Fsp3) is 0.818. The monoisotopic (exact) mass is 259 g/mol. The molecule has 0 bridgehead atoms. The first kappa shape index (κ1) is 12.3. The van der Waals surface area contributed by atoms with Crippen LogP contribution in [0.25, 0.3) is 0 Å². The van der Waals surface area contributed by atoms with E-state index in [1.165, 1.54) is 24.4 Å². The Hall–Kier alpha value is -0.190. The van der Waals surface area contributed by atoms with E-state index in [4.69, 9.17) is 11.6 Å². The van der Waals surface area contributed by atoms with Gasteiger partial charge in [0.15, 0.2) is 0 Å². The molecule has 2 rings (SSSR count). The summed E-state index contributed by atoms with van der Waals surface area (Å²) in [6, 6.07) is 1.31. The van der Waals surface area contributed by atoms with Crippen molar-refractivity contribution in [1.29, 1.82) is 0 Å². The fourth-order valence-corrected chi connectivity index (χ4v) is 2.47. The zero-order valence-corrected chi connectivity index (χ0v) is 11.6. The van der Waals surface area contributed by atoms with Gasteiger partial charge in [-0.2, -0.15) is 0 Å². The van der Waals surface area contributed by atoms with Gasteiger partial charge in [0.05, 0.1) is 0 Å². The van der Waals surface area contributed by atoms with Crippen molar-refractivity contribution in [2.75, 3.05) is 0 Å². The molecule has 3 nitrogen and oxygen atoms in total. The lowest BCUT2D eigenvalue weighted by Gasteiger charge is -2.31. The van der Waals surface area contributed by atoms with Crippen molar-refractivity contribution in [3.05, 3.63) is 10.0 Å². The summed E-state index contributed by atoms with van der Waals surface area (Å²) in [6.07, 6.45) is 2.62. The molecular formula is C11H18ClN3S. The summed E-state index contributed by atoms with van der Waals surface area (Å²) in [4.78, 5) is 2.52. The third-order valence-electron chi connectivity index (χ3n) is 3.35. The second-order valence-electron chi connectivity index (χ2n) is 4.88. The first-order chi connectivity index (χ1) is 7.59. The average molecular weight is 260 g/mol. The molecule has 1 fully saturated rings. The van der Waals surface area contributed by atoms with Gasteiger partial charge in [0.25, 0.3) is 0 Å². The zero-order valence-electron chi connectivity index (χ0n) is 9.98. The van der Waals surface area contributed by atoms with Crippen LogP contribution in [0.1, 0.15) is 39.3 Å². The predicted molar refractivity (Wildman–Crippen MR) is 67.8 cm³/mol. The average Bonchev–Trinajstić information content (AvgIpc) is 2.99. The van der Waals surface area contributed by atoms with Gasteiger partial charge in [-0.15, -0.1) is 5.10 Å². The number of nitrogens with zero attached hydrogens (tertiary/aromatic N) is 3. The van der Waals surface area contributed by atoms with Crippen LogP contribution in [0, 0.1) is 5.92 Å². The van der Waals surface area contributed by atoms with Crippen molar-refractivity contribution >= 4 is 23.1 Å². The van der Waals surface area contributed by atoms with Crippen LogP contribution < -0.4 is 0 Å². The van der Waals surface area contributed by atoms with Gasteiger partial charge in [-0.05, 0) is 25.7 Å². The Kier molecular flexibility index (Phi) is 3.82. The molecule has 1 aromatic heterocycles. The Morgan fingerprint density at radius 1 is 1.44 bits per heavy atom. The Bertz CT molecular complexity index is 349. The highest BCUT2D eigenvalue weighted by atomic mass is 35.5. The lowest BCUT2D eigenvalue weighted by Crippen LogP contribution is -2.38. The number of rotatable bonds is 5. The van der Waals surface area contributed by atoms with Crippen LogP contribution in [0.15, 0.2) is 0 Å². The minimum atomic E-state index is 0.574. The maximum atomic E-state index is 6.06. The van der Waals surface area contributed by atoms with Gasteiger partial charge in [0.1, 0.15) is 10.0 Å². The highest BCUT2D eigenvalue weighted by molar-refractivity contribution is 7.10. The normalized spacial score (nSPS) is 18.4. The largest absolute Gasteiger partial charge is 0.291 e. The summed E-state index contributed by atoms with van der Waals surface area (Å²) >= 11 is 7.34. The first-order valence-corrected chi connectivity index (χ1v) is 6.97. The summed E-state index contributed by atoms with van der Waals surface area (Å²) in [5.74, 6) is 0.658. The fourth-order valence-electron chi connectivity index (χ4n) is 1.86. The molecule has 0 radical (unpaired) electrons. The van der Waals surface area contributed by atoms with E-state index in [1.54, 1.807) is 0 Å². The SMILES string of the molecule is CC(C)[C@@H](C)N(Cc1nnsc1Cl)C1CC1. The number of hydrogen-bond donors (Lipinski definition) is 0. The van der Waals surface area contributed by atoms with Gasteiger partial charge in [-0.25, -0.2) is 0 Å². The second kappa shape index (κ2) is 4.98. The van der Waals surface area contributed by atoms with Gasteiger partial charge >= 0.3 is 0 Å². The third-order valence-corrected chi connectivity index (χ3v) is 4.33. The van der Waals surface area contributed by atoms with Gasteiger partial charge in [0.2, 0.25) is 0 Å². The predicted octanol–water partition coefficient (Wildman–Crippen LogP) is 3.20. The van der Waals surface area contributed by atoms with E-state index in [9.17, 15) is 0 Å². The van der Waals surface area contributed by atoms with Crippen molar-refractivity contribution in [2.24, 2.45) is 5.92 Å². The van der Waals surface area contributed by atoms with Crippen LogP contribution >= 0.6 is 23.1 Å². The summed E-state index contributed by atoms with van der Waals surface area (Å²) in [6.45, 7) is 7.66. The van der Waals surface area contributed by atoms with Crippen molar-refractivity contribution in [1.82, 2.24) is 14.5 Å². The second-order valence-corrected chi connectivity index (χ2v) is 6.24. The van der Waals surface area contributed by atoms with Crippen molar-refractivity contribution in [2.45, 2.75) is 52.2 Å². The van der Waals surface area contributed by atoms with Crippen LogP contribution in [0.5, 0.6) is 0 Å². The van der Waals surface area contributed by atoms with Gasteiger partial charge in [0, 0.05) is 30.2 Å². The molecule has 0 aliphatic heterocycles. The maximum Gasteiger partial charge on any atom is 0.138 e. The number of aromatic nitrogens is 2. The minimum absolute atomic E-state index is 0.574. The molecule has 0 unspecified atom stereocenters. The van der Waals surface area contributed by atoms with E-state index in [1.807, 2.05) is 0 Å². The Balaban J connectivity index is 2.06. The molecule has 16 heavy (non-hydrogen) atoms. The molecule has 1 aliphatic carbocycles. The molecule has 1 saturated carbocycles. The summed E-state index contributed by atoms with van der Waals surface area (Å²) in [7, 11) is 0. The zero-order chi connectivity index (χ0) is 11.7. The standard InChI is InChI=1S/C11H18ClN3S/c1-7(2)8(3)15(9-4-5-9)6-10-11(12)16-14-13-10/h7-9H,4-6H2,1-3H3/t8-/m1/s1. The molecule has 0 N–H and O–H groups in total. The summed E-state index contributed by atoms with van der Waals surface area (Å²) in [5.41, 5.74) is 0.936. The number of halogens is 1. The third kappa shape index (κ3) is 2.73. The lowest BCUT2D eigenvalue weighted by atomic mass is 10.0. The molecule has 5 heteroatoms. The van der Waals surface area contributed by atoms with Gasteiger partial charge < -0.3 is 0 Å². The Labute approximate surface area is 106 Å². The summed E-state index contributed by atoms with van der Waals surface area (Å²) in [5, 5.41) is 4.10. The minimum Gasteiger partial charge on any atom is -0.291 e. The van der Waals surface area contributed by atoms with Crippen molar-refractivity contribution in [3.8, 4) is 0 Å². The quantitative estimate of drug-likeness (QED) is 0.813. The van der Waals surface area contributed by atoms with E-state index in [2.05, 4.69) is 35.3 Å². The van der Waals surface area contributed by atoms with E-state index in [0.717, 1.165) is 22.6 Å².